The summed E-state index contributed by atoms with van der Waals surface area (Å²) in [5.41, 5.74) is 1.60. The van der Waals surface area contributed by atoms with Crippen molar-refractivity contribution in [3.8, 4) is 0 Å². The summed E-state index contributed by atoms with van der Waals surface area (Å²) >= 11 is 0. The minimum absolute atomic E-state index is 0.0886. The maximum Gasteiger partial charge on any atom is 0.333 e. The van der Waals surface area contributed by atoms with E-state index in [4.69, 9.17) is 18.9 Å². The highest BCUT2D eigenvalue weighted by molar-refractivity contribution is 5.93. The summed E-state index contributed by atoms with van der Waals surface area (Å²) in [5, 5.41) is 0. The van der Waals surface area contributed by atoms with Crippen LogP contribution in [0.4, 0.5) is 0 Å². The molecule has 0 aromatic rings. The van der Waals surface area contributed by atoms with Crippen molar-refractivity contribution in [2.75, 3.05) is 26.4 Å². The van der Waals surface area contributed by atoms with E-state index < -0.39 is 11.9 Å². The first-order valence-electron chi connectivity index (χ1n) is 10.8. The summed E-state index contributed by atoms with van der Waals surface area (Å²) in [6.07, 6.45) is 5.35. The van der Waals surface area contributed by atoms with Gasteiger partial charge >= 0.3 is 17.9 Å². The normalized spacial score (nSPS) is 13.1. The Morgan fingerprint density at radius 3 is 1.84 bits per heavy atom. The van der Waals surface area contributed by atoms with E-state index in [0.717, 1.165) is 31.3 Å². The lowest BCUT2D eigenvalue weighted by atomic mass is 10.2. The van der Waals surface area contributed by atoms with Gasteiger partial charge in [-0.1, -0.05) is 64.7 Å². The zero-order chi connectivity index (χ0) is 24.9. The standard InChI is InChI=1S/C13H22O4.C7H10O3.C5H8/c1-4-6-8-16-12(14)10-11(3)13(15)17-9-7-5-2;1-5(2)7(8)10-4-6-3-9-6;1-4-5(2)3/h3-10H2,1-2H3;6H,1,3-4H2,2H3;4H,1-2H2,3H3. The van der Waals surface area contributed by atoms with Gasteiger partial charge in [0.2, 0.25) is 0 Å². The molecule has 1 aliphatic heterocycles. The van der Waals surface area contributed by atoms with Crippen LogP contribution >= 0.6 is 0 Å². The lowest BCUT2D eigenvalue weighted by molar-refractivity contribution is -0.146. The molecule has 0 N–H and O–H groups in total. The first-order valence-corrected chi connectivity index (χ1v) is 10.8. The molecule has 0 bridgehead atoms. The second kappa shape index (κ2) is 20.2. The monoisotopic (exact) mass is 452 g/mol. The molecular weight excluding hydrogens is 412 g/mol. The van der Waals surface area contributed by atoms with Crippen molar-refractivity contribution < 1.29 is 33.3 Å². The molecule has 0 amide bonds. The molecule has 0 aromatic heterocycles. The molecule has 1 saturated heterocycles. The van der Waals surface area contributed by atoms with Crippen molar-refractivity contribution >= 4 is 17.9 Å². The molecule has 1 rings (SSSR count). The Labute approximate surface area is 193 Å². The van der Waals surface area contributed by atoms with Crippen molar-refractivity contribution in [1.82, 2.24) is 0 Å². The average molecular weight is 453 g/mol. The molecule has 1 aliphatic rings. The van der Waals surface area contributed by atoms with E-state index in [1.807, 2.05) is 20.8 Å². The van der Waals surface area contributed by atoms with Crippen LogP contribution < -0.4 is 0 Å². The average Bonchev–Trinajstić information content (AvgIpc) is 3.57. The zero-order valence-corrected chi connectivity index (χ0v) is 20.2. The lowest BCUT2D eigenvalue weighted by Crippen LogP contribution is -2.13. The Morgan fingerprint density at radius 2 is 1.44 bits per heavy atom. The number of unbranched alkanes of at least 4 members (excludes halogenated alkanes) is 2. The van der Waals surface area contributed by atoms with Gasteiger partial charge in [-0.2, -0.15) is 0 Å². The summed E-state index contributed by atoms with van der Waals surface area (Å²) in [6.45, 7) is 23.4. The minimum atomic E-state index is -0.508. The Bertz CT molecular complexity index is 630. The van der Waals surface area contributed by atoms with E-state index in [-0.39, 0.29) is 24.1 Å². The van der Waals surface area contributed by atoms with E-state index in [1.54, 1.807) is 13.0 Å². The van der Waals surface area contributed by atoms with Crippen LogP contribution in [0.3, 0.4) is 0 Å². The molecule has 0 spiro atoms. The maximum absolute atomic E-state index is 11.4. The molecule has 1 heterocycles. The largest absolute Gasteiger partial charge is 0.465 e. The highest BCUT2D eigenvalue weighted by atomic mass is 16.6. The topological polar surface area (TPSA) is 91.4 Å². The second-order valence-corrected chi connectivity index (χ2v) is 7.23. The summed E-state index contributed by atoms with van der Waals surface area (Å²) < 4.78 is 19.4. The SMILES string of the molecule is C=C(C)C(=O)OCC1CO1.C=C(CC(=O)OCCCC)C(=O)OCCCC.C=CC(=C)C. The lowest BCUT2D eigenvalue weighted by Gasteiger charge is -2.07. The molecule has 7 nitrogen and oxygen atoms in total. The first-order chi connectivity index (χ1) is 15.1. The molecular formula is C25H40O7. The quantitative estimate of drug-likeness (QED) is 0.0983. The number of hydrogen-bond donors (Lipinski definition) is 0. The summed E-state index contributed by atoms with van der Waals surface area (Å²) in [6, 6.07) is 0. The van der Waals surface area contributed by atoms with Crippen molar-refractivity contribution in [2.24, 2.45) is 0 Å². The predicted molar refractivity (Wildman–Crippen MR) is 126 cm³/mol. The maximum atomic E-state index is 11.4. The van der Waals surface area contributed by atoms with Crippen LogP contribution in [0, 0.1) is 0 Å². The fourth-order valence-electron chi connectivity index (χ4n) is 1.50. The van der Waals surface area contributed by atoms with Gasteiger partial charge in [-0.3, -0.25) is 4.79 Å². The Hall–Kier alpha value is -2.67. The van der Waals surface area contributed by atoms with E-state index in [0.29, 0.717) is 32.0 Å². The zero-order valence-electron chi connectivity index (χ0n) is 20.2. The van der Waals surface area contributed by atoms with Gasteiger partial charge in [0.15, 0.2) is 0 Å². The number of hydrogen-bond acceptors (Lipinski definition) is 7. The summed E-state index contributed by atoms with van der Waals surface area (Å²) in [4.78, 5) is 33.3. The summed E-state index contributed by atoms with van der Waals surface area (Å²) in [7, 11) is 0. The smallest absolute Gasteiger partial charge is 0.333 e. The third-order valence-electron chi connectivity index (χ3n) is 3.64. The Kier molecular flexibility index (Phi) is 19.9. The van der Waals surface area contributed by atoms with E-state index >= 15 is 0 Å². The van der Waals surface area contributed by atoms with Crippen LogP contribution in [0.25, 0.3) is 0 Å². The van der Waals surface area contributed by atoms with Crippen molar-refractivity contribution in [2.45, 2.75) is 65.9 Å². The Morgan fingerprint density at radius 1 is 0.938 bits per heavy atom. The Balaban J connectivity index is 0. The number of rotatable bonds is 13. The molecule has 32 heavy (non-hydrogen) atoms. The van der Waals surface area contributed by atoms with E-state index in [2.05, 4.69) is 26.3 Å². The van der Waals surface area contributed by atoms with Gasteiger partial charge in [-0.15, -0.1) is 0 Å². The molecule has 0 aliphatic carbocycles. The van der Waals surface area contributed by atoms with Gasteiger partial charge in [0, 0.05) is 11.1 Å². The van der Waals surface area contributed by atoms with Crippen LogP contribution in [0.1, 0.15) is 59.8 Å². The molecule has 0 aromatic carbocycles. The summed E-state index contributed by atoms with van der Waals surface area (Å²) in [5.74, 6) is -1.27. The molecule has 0 radical (unpaired) electrons. The van der Waals surface area contributed by atoms with Crippen LogP contribution in [0.5, 0.6) is 0 Å². The highest BCUT2D eigenvalue weighted by Gasteiger charge is 2.24. The fourth-order valence-corrected chi connectivity index (χ4v) is 1.50. The van der Waals surface area contributed by atoms with Crippen LogP contribution in [-0.4, -0.2) is 50.4 Å². The number of allylic oxidation sites excluding steroid dienone is 2. The van der Waals surface area contributed by atoms with Crippen molar-refractivity contribution in [3.63, 3.8) is 0 Å². The molecule has 182 valence electrons. The number of carbonyl (C=O) groups excluding carboxylic acids is 3. The van der Waals surface area contributed by atoms with Crippen LogP contribution in [0.2, 0.25) is 0 Å². The van der Waals surface area contributed by atoms with Gasteiger partial charge in [0.1, 0.15) is 12.7 Å². The van der Waals surface area contributed by atoms with E-state index in [1.165, 1.54) is 0 Å². The minimum Gasteiger partial charge on any atom is -0.465 e. The van der Waals surface area contributed by atoms with Gasteiger partial charge in [-0.05, 0) is 26.7 Å². The van der Waals surface area contributed by atoms with Crippen LogP contribution in [-0.2, 0) is 33.3 Å². The van der Waals surface area contributed by atoms with Gasteiger partial charge in [-0.25, -0.2) is 9.59 Å². The number of ether oxygens (including phenoxy) is 4. The molecule has 1 atom stereocenters. The third kappa shape index (κ3) is 22.0. The molecule has 7 heteroatoms. The molecule has 1 fully saturated rings. The second-order valence-electron chi connectivity index (χ2n) is 7.23. The number of esters is 3. The highest BCUT2D eigenvalue weighted by Crippen LogP contribution is 2.09. The van der Waals surface area contributed by atoms with Crippen molar-refractivity contribution in [1.29, 1.82) is 0 Å². The van der Waals surface area contributed by atoms with E-state index in [9.17, 15) is 14.4 Å². The van der Waals surface area contributed by atoms with Crippen molar-refractivity contribution in [3.05, 3.63) is 49.1 Å². The third-order valence-corrected chi connectivity index (χ3v) is 3.64. The van der Waals surface area contributed by atoms with Gasteiger partial charge in [0.25, 0.3) is 0 Å². The predicted octanol–water partition coefficient (Wildman–Crippen LogP) is 4.87. The number of epoxide rings is 1. The van der Waals surface area contributed by atoms with Gasteiger partial charge < -0.3 is 18.9 Å². The fraction of sp³-hybridized carbons (Fsp3) is 0.560. The number of carbonyl (C=O) groups is 3. The van der Waals surface area contributed by atoms with Crippen LogP contribution in [0.15, 0.2) is 49.1 Å². The molecule has 1 unspecified atom stereocenters. The van der Waals surface area contributed by atoms with Gasteiger partial charge in [0.05, 0.1) is 26.2 Å². The first kappa shape index (κ1) is 31.5. The molecule has 0 saturated carbocycles.